The predicted octanol–water partition coefficient (Wildman–Crippen LogP) is 2.89. The Morgan fingerprint density at radius 1 is 1.38 bits per heavy atom. The van der Waals surface area contributed by atoms with E-state index in [1.165, 1.54) is 49.3 Å². The predicted molar refractivity (Wildman–Crippen MR) is 69.2 cm³/mol. The molecule has 0 saturated carbocycles. The number of hydrogen-bond donors (Lipinski definition) is 1. The number of benzene rings is 1. The standard InChI is InChI=1S/C14H20N2/c1-2-11-9-16(10-11)13-5-6-14-12(8-13)4-3-7-15-14/h5-6,8,11,15H,2-4,7,9-10H2,1H3. The van der Waals surface area contributed by atoms with Gasteiger partial charge >= 0.3 is 0 Å². The van der Waals surface area contributed by atoms with Gasteiger partial charge in [-0.2, -0.15) is 0 Å². The fourth-order valence-electron chi connectivity index (χ4n) is 2.70. The van der Waals surface area contributed by atoms with Crippen LogP contribution < -0.4 is 10.2 Å². The van der Waals surface area contributed by atoms with E-state index in [-0.39, 0.29) is 0 Å². The Kier molecular flexibility index (Phi) is 2.50. The van der Waals surface area contributed by atoms with E-state index in [9.17, 15) is 0 Å². The number of anilines is 2. The van der Waals surface area contributed by atoms with E-state index in [0.29, 0.717) is 0 Å². The van der Waals surface area contributed by atoms with Gasteiger partial charge in [-0.25, -0.2) is 0 Å². The summed E-state index contributed by atoms with van der Waals surface area (Å²) in [4.78, 5) is 2.50. The van der Waals surface area contributed by atoms with Crippen molar-refractivity contribution >= 4 is 11.4 Å². The van der Waals surface area contributed by atoms with Gasteiger partial charge in [0, 0.05) is 31.0 Å². The van der Waals surface area contributed by atoms with Crippen LogP contribution in [0.2, 0.25) is 0 Å². The second-order valence-electron chi connectivity index (χ2n) is 5.05. The average Bonchev–Trinajstić information content (AvgIpc) is 2.27. The van der Waals surface area contributed by atoms with Crippen molar-refractivity contribution in [1.82, 2.24) is 0 Å². The lowest BCUT2D eigenvalue weighted by atomic mass is 9.95. The van der Waals surface area contributed by atoms with Gasteiger partial charge in [0.25, 0.3) is 0 Å². The fraction of sp³-hybridized carbons (Fsp3) is 0.571. The van der Waals surface area contributed by atoms with Crippen LogP contribution in [0.25, 0.3) is 0 Å². The minimum absolute atomic E-state index is 0.925. The zero-order chi connectivity index (χ0) is 11.0. The number of aryl methyl sites for hydroxylation is 1. The zero-order valence-corrected chi connectivity index (χ0v) is 10.00. The highest BCUT2D eigenvalue weighted by atomic mass is 15.2. The molecule has 2 aliphatic heterocycles. The third kappa shape index (κ3) is 1.66. The van der Waals surface area contributed by atoms with Crippen LogP contribution >= 0.6 is 0 Å². The summed E-state index contributed by atoms with van der Waals surface area (Å²) in [5.41, 5.74) is 4.28. The van der Waals surface area contributed by atoms with Crippen LogP contribution in [0, 0.1) is 5.92 Å². The molecule has 0 aromatic heterocycles. The topological polar surface area (TPSA) is 15.3 Å². The average molecular weight is 216 g/mol. The SMILES string of the molecule is CCC1CN(c2ccc3c(c2)CCCN3)C1. The Morgan fingerprint density at radius 3 is 3.06 bits per heavy atom. The first-order valence-corrected chi connectivity index (χ1v) is 6.48. The molecule has 0 bridgehead atoms. The van der Waals surface area contributed by atoms with Gasteiger partial charge in [-0.15, -0.1) is 0 Å². The van der Waals surface area contributed by atoms with Crippen molar-refractivity contribution in [3.05, 3.63) is 23.8 Å². The molecule has 1 aromatic carbocycles. The van der Waals surface area contributed by atoms with Crippen LogP contribution in [0.15, 0.2) is 18.2 Å². The second kappa shape index (κ2) is 4.00. The molecule has 1 saturated heterocycles. The van der Waals surface area contributed by atoms with Crippen molar-refractivity contribution in [2.45, 2.75) is 26.2 Å². The molecule has 86 valence electrons. The minimum atomic E-state index is 0.925. The van der Waals surface area contributed by atoms with E-state index < -0.39 is 0 Å². The van der Waals surface area contributed by atoms with E-state index in [2.05, 4.69) is 35.3 Å². The molecular formula is C14H20N2. The number of nitrogens with one attached hydrogen (secondary N) is 1. The molecule has 0 spiro atoms. The van der Waals surface area contributed by atoms with Gasteiger partial charge in [0.05, 0.1) is 0 Å². The Labute approximate surface area is 97.6 Å². The van der Waals surface area contributed by atoms with Gasteiger partial charge in [0.1, 0.15) is 0 Å². The van der Waals surface area contributed by atoms with Crippen molar-refractivity contribution in [3.63, 3.8) is 0 Å². The van der Waals surface area contributed by atoms with Crippen LogP contribution in [-0.4, -0.2) is 19.6 Å². The first kappa shape index (κ1) is 10.0. The van der Waals surface area contributed by atoms with Crippen LogP contribution in [0.5, 0.6) is 0 Å². The number of fused-ring (bicyclic) bond motifs is 1. The summed E-state index contributed by atoms with van der Waals surface area (Å²) in [7, 11) is 0. The van der Waals surface area contributed by atoms with Crippen molar-refractivity contribution in [2.24, 2.45) is 5.92 Å². The third-order valence-corrected chi connectivity index (χ3v) is 3.93. The highest BCUT2D eigenvalue weighted by Gasteiger charge is 2.25. The van der Waals surface area contributed by atoms with Crippen LogP contribution in [0.3, 0.4) is 0 Å². The van der Waals surface area contributed by atoms with E-state index in [4.69, 9.17) is 0 Å². The molecule has 2 heterocycles. The minimum Gasteiger partial charge on any atom is -0.385 e. The van der Waals surface area contributed by atoms with Gasteiger partial charge in [0.15, 0.2) is 0 Å². The normalized spacial score (nSPS) is 19.9. The Balaban J connectivity index is 1.76. The van der Waals surface area contributed by atoms with Crippen molar-refractivity contribution in [3.8, 4) is 0 Å². The Morgan fingerprint density at radius 2 is 2.25 bits per heavy atom. The quantitative estimate of drug-likeness (QED) is 0.817. The number of nitrogens with zero attached hydrogens (tertiary/aromatic N) is 1. The van der Waals surface area contributed by atoms with E-state index >= 15 is 0 Å². The molecule has 0 aliphatic carbocycles. The van der Waals surface area contributed by atoms with Crippen molar-refractivity contribution in [2.75, 3.05) is 29.9 Å². The van der Waals surface area contributed by atoms with E-state index in [0.717, 1.165) is 12.5 Å². The molecule has 3 rings (SSSR count). The summed E-state index contributed by atoms with van der Waals surface area (Å²) in [6, 6.07) is 6.90. The lowest BCUT2D eigenvalue weighted by molar-refractivity contribution is 0.399. The molecule has 1 aromatic rings. The van der Waals surface area contributed by atoms with Crippen molar-refractivity contribution in [1.29, 1.82) is 0 Å². The first-order valence-electron chi connectivity index (χ1n) is 6.48. The molecule has 1 N–H and O–H groups in total. The molecule has 2 nitrogen and oxygen atoms in total. The summed E-state index contributed by atoms with van der Waals surface area (Å²) in [6.45, 7) is 5.93. The maximum atomic E-state index is 3.47. The highest BCUT2D eigenvalue weighted by Crippen LogP contribution is 2.31. The highest BCUT2D eigenvalue weighted by molar-refractivity contribution is 5.62. The van der Waals surface area contributed by atoms with E-state index in [1.54, 1.807) is 0 Å². The van der Waals surface area contributed by atoms with Crippen molar-refractivity contribution < 1.29 is 0 Å². The zero-order valence-electron chi connectivity index (χ0n) is 10.00. The van der Waals surface area contributed by atoms with E-state index in [1.807, 2.05) is 0 Å². The van der Waals surface area contributed by atoms with Gasteiger partial charge in [-0.1, -0.05) is 6.92 Å². The molecule has 0 unspecified atom stereocenters. The molecule has 16 heavy (non-hydrogen) atoms. The van der Waals surface area contributed by atoms with Crippen LogP contribution in [-0.2, 0) is 6.42 Å². The first-order chi connectivity index (χ1) is 7.86. The summed E-state index contributed by atoms with van der Waals surface area (Å²) < 4.78 is 0. The molecular weight excluding hydrogens is 196 g/mol. The van der Waals surface area contributed by atoms with Gasteiger partial charge in [-0.3, -0.25) is 0 Å². The van der Waals surface area contributed by atoms with Crippen LogP contribution in [0.1, 0.15) is 25.3 Å². The van der Waals surface area contributed by atoms with Gasteiger partial charge < -0.3 is 10.2 Å². The fourth-order valence-corrected chi connectivity index (χ4v) is 2.70. The molecule has 2 heteroatoms. The molecule has 2 aliphatic rings. The molecule has 1 fully saturated rings. The maximum absolute atomic E-state index is 3.47. The summed E-state index contributed by atoms with van der Waals surface area (Å²) in [6.07, 6.45) is 3.83. The Bertz CT molecular complexity index is 380. The van der Waals surface area contributed by atoms with Gasteiger partial charge in [-0.05, 0) is 48.9 Å². The lowest BCUT2D eigenvalue weighted by Crippen LogP contribution is -2.46. The third-order valence-electron chi connectivity index (χ3n) is 3.93. The lowest BCUT2D eigenvalue weighted by Gasteiger charge is -2.41. The monoisotopic (exact) mass is 216 g/mol. The maximum Gasteiger partial charge on any atom is 0.0374 e. The molecule has 0 atom stereocenters. The largest absolute Gasteiger partial charge is 0.385 e. The Hall–Kier alpha value is -1.18. The molecule has 0 amide bonds. The second-order valence-corrected chi connectivity index (χ2v) is 5.05. The number of hydrogen-bond acceptors (Lipinski definition) is 2. The summed E-state index contributed by atoms with van der Waals surface area (Å²) in [5.74, 6) is 0.925. The van der Waals surface area contributed by atoms with Crippen LogP contribution in [0.4, 0.5) is 11.4 Å². The number of rotatable bonds is 2. The summed E-state index contributed by atoms with van der Waals surface area (Å²) in [5, 5.41) is 3.47. The van der Waals surface area contributed by atoms with Gasteiger partial charge in [0.2, 0.25) is 0 Å². The molecule has 0 radical (unpaired) electrons. The smallest absolute Gasteiger partial charge is 0.0374 e. The summed E-state index contributed by atoms with van der Waals surface area (Å²) >= 11 is 0.